The van der Waals surface area contributed by atoms with Gasteiger partial charge in [0.15, 0.2) is 0 Å². The van der Waals surface area contributed by atoms with Crippen LogP contribution in [0.25, 0.3) is 11.3 Å². The highest BCUT2D eigenvalue weighted by molar-refractivity contribution is 5.80. The van der Waals surface area contributed by atoms with E-state index in [0.717, 1.165) is 11.1 Å². The molecule has 2 aromatic carbocycles. The van der Waals surface area contributed by atoms with Gasteiger partial charge in [-0.15, -0.1) is 0 Å². The Bertz CT molecular complexity index is 992. The molecule has 0 saturated carbocycles. The zero-order valence-corrected chi connectivity index (χ0v) is 15.1. The fourth-order valence-corrected chi connectivity index (χ4v) is 2.41. The number of non-ortho nitro benzene ring substituents is 1. The molecule has 1 heterocycles. The van der Waals surface area contributed by atoms with Crippen LogP contribution in [-0.2, 0) is 6.54 Å². The van der Waals surface area contributed by atoms with Gasteiger partial charge in [0, 0.05) is 24.2 Å². The smallest absolute Gasteiger partial charge is 0.335 e. The molecule has 0 aliphatic carbocycles. The van der Waals surface area contributed by atoms with Gasteiger partial charge in [-0.2, -0.15) is 5.10 Å². The van der Waals surface area contributed by atoms with Crippen molar-refractivity contribution in [2.24, 2.45) is 5.10 Å². The molecule has 3 rings (SSSR count). The number of hydrogen-bond donors (Lipinski definition) is 2. The second-order valence-corrected chi connectivity index (χ2v) is 6.04. The van der Waals surface area contributed by atoms with Crippen molar-refractivity contribution in [3.63, 3.8) is 0 Å². The molecule has 0 unspecified atom stereocenters. The number of furan rings is 1. The summed E-state index contributed by atoms with van der Waals surface area (Å²) in [6, 6.07) is 16.9. The van der Waals surface area contributed by atoms with Crippen LogP contribution >= 0.6 is 0 Å². The Morgan fingerprint density at radius 1 is 1.11 bits per heavy atom. The van der Waals surface area contributed by atoms with Crippen LogP contribution in [0.3, 0.4) is 0 Å². The first-order valence-electron chi connectivity index (χ1n) is 8.48. The van der Waals surface area contributed by atoms with Gasteiger partial charge in [0.25, 0.3) is 5.69 Å². The van der Waals surface area contributed by atoms with E-state index >= 15 is 0 Å². The van der Waals surface area contributed by atoms with E-state index in [-0.39, 0.29) is 5.69 Å². The number of carbonyl (C=O) groups is 1. The van der Waals surface area contributed by atoms with Crippen molar-refractivity contribution in [2.75, 3.05) is 0 Å². The van der Waals surface area contributed by atoms with Crippen LogP contribution in [0.1, 0.15) is 16.9 Å². The van der Waals surface area contributed by atoms with Gasteiger partial charge in [-0.3, -0.25) is 10.1 Å². The number of benzene rings is 2. The highest BCUT2D eigenvalue weighted by Gasteiger charge is 2.08. The van der Waals surface area contributed by atoms with Crippen molar-refractivity contribution >= 4 is 17.9 Å². The standard InChI is InChI=1S/C20H18N4O4/c1-14-2-4-15(5-3-14)12-21-20(25)23-22-13-18-10-11-19(28-18)16-6-8-17(9-7-16)24(26)27/h2-11,13H,12H2,1H3,(H2,21,23,25)/b22-13+. The van der Waals surface area contributed by atoms with E-state index in [1.165, 1.54) is 18.3 Å². The summed E-state index contributed by atoms with van der Waals surface area (Å²) in [5, 5.41) is 17.2. The van der Waals surface area contributed by atoms with Crippen molar-refractivity contribution < 1.29 is 14.1 Å². The molecule has 0 radical (unpaired) electrons. The molecule has 2 amide bonds. The number of carbonyl (C=O) groups excluding carboxylic acids is 1. The molecule has 3 aromatic rings. The Morgan fingerprint density at radius 3 is 2.50 bits per heavy atom. The summed E-state index contributed by atoms with van der Waals surface area (Å²) in [6.07, 6.45) is 1.38. The second-order valence-electron chi connectivity index (χ2n) is 6.04. The summed E-state index contributed by atoms with van der Waals surface area (Å²) in [7, 11) is 0. The number of rotatable bonds is 6. The molecular weight excluding hydrogens is 360 g/mol. The predicted octanol–water partition coefficient (Wildman–Crippen LogP) is 4.00. The number of nitro benzene ring substituents is 1. The lowest BCUT2D eigenvalue weighted by molar-refractivity contribution is -0.384. The molecule has 0 saturated heterocycles. The number of hydrazone groups is 1. The van der Waals surface area contributed by atoms with Crippen LogP contribution < -0.4 is 10.7 Å². The maximum absolute atomic E-state index is 11.8. The Kier molecular flexibility index (Phi) is 5.81. The quantitative estimate of drug-likeness (QED) is 0.384. The summed E-state index contributed by atoms with van der Waals surface area (Å²) in [4.78, 5) is 22.0. The number of urea groups is 1. The van der Waals surface area contributed by atoms with Gasteiger partial charge in [-0.05, 0) is 36.8 Å². The molecule has 0 fully saturated rings. The van der Waals surface area contributed by atoms with E-state index in [1.807, 2.05) is 31.2 Å². The zero-order chi connectivity index (χ0) is 19.9. The fraction of sp³-hybridized carbons (Fsp3) is 0.100. The van der Waals surface area contributed by atoms with Crippen molar-refractivity contribution in [1.29, 1.82) is 0 Å². The van der Waals surface area contributed by atoms with Crippen LogP contribution in [0.2, 0.25) is 0 Å². The lowest BCUT2D eigenvalue weighted by atomic mass is 10.1. The molecular formula is C20H18N4O4. The van der Waals surface area contributed by atoms with Crippen LogP contribution in [0.15, 0.2) is 70.2 Å². The first-order valence-corrected chi connectivity index (χ1v) is 8.48. The highest BCUT2D eigenvalue weighted by atomic mass is 16.6. The van der Waals surface area contributed by atoms with E-state index in [1.54, 1.807) is 24.3 Å². The summed E-state index contributed by atoms with van der Waals surface area (Å²) in [6.45, 7) is 2.40. The summed E-state index contributed by atoms with van der Waals surface area (Å²) in [5.74, 6) is 0.979. The molecule has 0 bridgehead atoms. The van der Waals surface area contributed by atoms with Gasteiger partial charge < -0.3 is 9.73 Å². The van der Waals surface area contributed by atoms with E-state index in [0.29, 0.717) is 23.6 Å². The molecule has 2 N–H and O–H groups in total. The van der Waals surface area contributed by atoms with Crippen molar-refractivity contribution in [3.8, 4) is 11.3 Å². The number of hydrogen-bond acceptors (Lipinski definition) is 5. The molecule has 8 nitrogen and oxygen atoms in total. The largest absolute Gasteiger partial charge is 0.455 e. The Hall–Kier alpha value is -3.94. The summed E-state index contributed by atoms with van der Waals surface area (Å²) in [5.41, 5.74) is 5.23. The van der Waals surface area contributed by atoms with Gasteiger partial charge in [0.2, 0.25) is 0 Å². The third kappa shape index (κ3) is 5.04. The highest BCUT2D eigenvalue weighted by Crippen LogP contribution is 2.23. The molecule has 0 spiro atoms. The van der Waals surface area contributed by atoms with Gasteiger partial charge in [0.05, 0.1) is 11.1 Å². The monoisotopic (exact) mass is 378 g/mol. The average Bonchev–Trinajstić information content (AvgIpc) is 3.16. The topological polar surface area (TPSA) is 110 Å². The van der Waals surface area contributed by atoms with E-state index in [4.69, 9.17) is 4.42 Å². The molecule has 28 heavy (non-hydrogen) atoms. The predicted molar refractivity (Wildman–Crippen MR) is 105 cm³/mol. The van der Waals surface area contributed by atoms with Gasteiger partial charge in [-0.25, -0.2) is 10.2 Å². The van der Waals surface area contributed by atoms with Gasteiger partial charge in [-0.1, -0.05) is 29.8 Å². The van der Waals surface area contributed by atoms with Gasteiger partial charge in [0.1, 0.15) is 11.5 Å². The third-order valence-corrected chi connectivity index (χ3v) is 3.92. The van der Waals surface area contributed by atoms with Crippen LogP contribution in [-0.4, -0.2) is 17.2 Å². The Labute approximate surface area is 161 Å². The first kappa shape index (κ1) is 18.8. The average molecular weight is 378 g/mol. The van der Waals surface area contributed by atoms with Crippen molar-refractivity contribution in [1.82, 2.24) is 10.7 Å². The van der Waals surface area contributed by atoms with E-state index in [2.05, 4.69) is 15.8 Å². The molecule has 0 aliphatic heterocycles. The number of amides is 2. The number of nitro groups is 1. The molecule has 0 atom stereocenters. The number of aryl methyl sites for hydroxylation is 1. The lowest BCUT2D eigenvalue weighted by Gasteiger charge is -2.04. The van der Waals surface area contributed by atoms with Crippen LogP contribution in [0, 0.1) is 17.0 Å². The number of nitrogens with one attached hydrogen (secondary N) is 2. The SMILES string of the molecule is Cc1ccc(CNC(=O)N/N=C/c2ccc(-c3ccc([N+](=O)[O-])cc3)o2)cc1. The zero-order valence-electron chi connectivity index (χ0n) is 15.1. The summed E-state index contributed by atoms with van der Waals surface area (Å²) < 4.78 is 5.60. The minimum absolute atomic E-state index is 0.0120. The number of nitrogens with zero attached hydrogens (tertiary/aromatic N) is 2. The molecule has 142 valence electrons. The van der Waals surface area contributed by atoms with E-state index < -0.39 is 11.0 Å². The lowest BCUT2D eigenvalue weighted by Crippen LogP contribution is -2.31. The maximum atomic E-state index is 11.8. The van der Waals surface area contributed by atoms with Crippen molar-refractivity contribution in [2.45, 2.75) is 13.5 Å². The first-order chi connectivity index (χ1) is 13.5. The van der Waals surface area contributed by atoms with E-state index in [9.17, 15) is 14.9 Å². The van der Waals surface area contributed by atoms with Crippen LogP contribution in [0.4, 0.5) is 10.5 Å². The minimum atomic E-state index is -0.459. The Balaban J connectivity index is 1.51. The molecule has 8 heteroatoms. The minimum Gasteiger partial charge on any atom is -0.455 e. The summed E-state index contributed by atoms with van der Waals surface area (Å²) >= 11 is 0. The second kappa shape index (κ2) is 8.63. The normalized spacial score (nSPS) is 10.8. The molecule has 1 aromatic heterocycles. The fourth-order valence-electron chi connectivity index (χ4n) is 2.41. The van der Waals surface area contributed by atoms with Gasteiger partial charge >= 0.3 is 6.03 Å². The molecule has 0 aliphatic rings. The Morgan fingerprint density at radius 2 is 1.82 bits per heavy atom. The van der Waals surface area contributed by atoms with Crippen molar-refractivity contribution in [3.05, 3.63) is 87.7 Å². The maximum Gasteiger partial charge on any atom is 0.335 e. The van der Waals surface area contributed by atoms with Crippen LogP contribution in [0.5, 0.6) is 0 Å². The third-order valence-electron chi connectivity index (χ3n) is 3.92.